The van der Waals surface area contributed by atoms with Crippen LogP contribution in [0.15, 0.2) is 42.5 Å². The van der Waals surface area contributed by atoms with Crippen LogP contribution in [0.4, 0.5) is 14.9 Å². The number of urea groups is 1. The molecule has 0 aliphatic heterocycles. The standard InChI is InChI=1S/C16H15FN2O4S/c1-22-13-7-12(8-14(9-13)23-2)19(24)16(21)18-15(20)10-3-5-11(17)6-4-10/h3-9,24H,1-2H3,(H,18,20,21). The Morgan fingerprint density at radius 2 is 1.58 bits per heavy atom. The molecule has 0 spiro atoms. The van der Waals surface area contributed by atoms with Crippen LogP contribution in [0.5, 0.6) is 11.5 Å². The van der Waals surface area contributed by atoms with Crippen molar-refractivity contribution >= 4 is 30.4 Å². The summed E-state index contributed by atoms with van der Waals surface area (Å²) < 4.78 is 24.0. The minimum absolute atomic E-state index is 0.148. The molecule has 0 aliphatic rings. The van der Waals surface area contributed by atoms with Crippen molar-refractivity contribution in [2.24, 2.45) is 0 Å². The Labute approximate surface area is 143 Å². The zero-order valence-electron chi connectivity index (χ0n) is 12.9. The van der Waals surface area contributed by atoms with Gasteiger partial charge in [-0.25, -0.2) is 13.5 Å². The average Bonchev–Trinajstić information content (AvgIpc) is 2.60. The van der Waals surface area contributed by atoms with E-state index in [2.05, 4.69) is 18.1 Å². The Bertz CT molecular complexity index is 730. The number of nitrogens with one attached hydrogen (secondary N) is 1. The molecule has 3 amide bonds. The Balaban J connectivity index is 2.14. The Hall–Kier alpha value is -2.74. The van der Waals surface area contributed by atoms with Gasteiger partial charge in [-0.05, 0) is 24.3 Å². The highest BCUT2D eigenvalue weighted by Crippen LogP contribution is 2.29. The molecule has 24 heavy (non-hydrogen) atoms. The lowest BCUT2D eigenvalue weighted by molar-refractivity contribution is 0.0966. The molecule has 0 heterocycles. The van der Waals surface area contributed by atoms with E-state index >= 15 is 0 Å². The van der Waals surface area contributed by atoms with Gasteiger partial charge in [0.25, 0.3) is 5.91 Å². The van der Waals surface area contributed by atoms with Gasteiger partial charge in [0, 0.05) is 23.8 Å². The van der Waals surface area contributed by atoms with Gasteiger partial charge in [0.05, 0.1) is 19.9 Å². The summed E-state index contributed by atoms with van der Waals surface area (Å²) in [6.45, 7) is 0. The van der Waals surface area contributed by atoms with Crippen LogP contribution >= 0.6 is 12.8 Å². The molecular formula is C16H15FN2O4S. The van der Waals surface area contributed by atoms with Crippen molar-refractivity contribution in [3.05, 3.63) is 53.8 Å². The van der Waals surface area contributed by atoms with Gasteiger partial charge in [0.1, 0.15) is 17.3 Å². The third-order valence-electron chi connectivity index (χ3n) is 3.10. The van der Waals surface area contributed by atoms with E-state index in [0.29, 0.717) is 17.2 Å². The second-order valence-electron chi connectivity index (χ2n) is 4.65. The number of thiol groups is 1. The van der Waals surface area contributed by atoms with Crippen LogP contribution in [0.1, 0.15) is 10.4 Å². The van der Waals surface area contributed by atoms with Gasteiger partial charge in [-0.15, -0.1) is 0 Å². The number of amides is 3. The van der Waals surface area contributed by atoms with Crippen molar-refractivity contribution in [1.29, 1.82) is 0 Å². The number of ether oxygens (including phenoxy) is 2. The summed E-state index contributed by atoms with van der Waals surface area (Å²) in [5.41, 5.74) is 0.494. The SMILES string of the molecule is COc1cc(OC)cc(N(S)C(=O)NC(=O)c2ccc(F)cc2)c1. The number of hydrogen-bond acceptors (Lipinski definition) is 5. The summed E-state index contributed by atoms with van der Waals surface area (Å²) >= 11 is 4.09. The summed E-state index contributed by atoms with van der Waals surface area (Å²) in [6, 6.07) is 8.77. The van der Waals surface area contributed by atoms with Crippen LogP contribution < -0.4 is 19.1 Å². The minimum Gasteiger partial charge on any atom is -0.497 e. The molecule has 0 aromatic heterocycles. The van der Waals surface area contributed by atoms with E-state index in [-0.39, 0.29) is 5.56 Å². The highest BCUT2D eigenvalue weighted by Gasteiger charge is 2.18. The number of nitrogens with zero attached hydrogens (tertiary/aromatic N) is 1. The summed E-state index contributed by atoms with van der Waals surface area (Å²) in [4.78, 5) is 24.1. The predicted octanol–water partition coefficient (Wildman–Crippen LogP) is 3.04. The van der Waals surface area contributed by atoms with Crippen molar-refractivity contribution in [2.75, 3.05) is 18.5 Å². The number of rotatable bonds is 4. The van der Waals surface area contributed by atoms with E-state index in [0.717, 1.165) is 16.4 Å². The van der Waals surface area contributed by atoms with Gasteiger partial charge >= 0.3 is 6.03 Å². The second kappa shape index (κ2) is 7.69. The lowest BCUT2D eigenvalue weighted by atomic mass is 10.2. The molecule has 0 saturated carbocycles. The quantitative estimate of drug-likeness (QED) is 0.832. The van der Waals surface area contributed by atoms with E-state index < -0.39 is 17.8 Å². The Morgan fingerprint density at radius 3 is 2.08 bits per heavy atom. The maximum Gasteiger partial charge on any atom is 0.338 e. The minimum atomic E-state index is -0.775. The number of methoxy groups -OCH3 is 2. The molecule has 0 saturated heterocycles. The fourth-order valence-electron chi connectivity index (χ4n) is 1.86. The third kappa shape index (κ3) is 4.17. The fraction of sp³-hybridized carbons (Fsp3) is 0.125. The summed E-state index contributed by atoms with van der Waals surface area (Å²) in [6.07, 6.45) is 0. The van der Waals surface area contributed by atoms with Crippen LogP contribution in [0.2, 0.25) is 0 Å². The van der Waals surface area contributed by atoms with Gasteiger partial charge in [0.15, 0.2) is 0 Å². The normalized spacial score (nSPS) is 10.0. The van der Waals surface area contributed by atoms with Gasteiger partial charge in [-0.3, -0.25) is 10.1 Å². The lowest BCUT2D eigenvalue weighted by Crippen LogP contribution is -2.38. The van der Waals surface area contributed by atoms with Crippen molar-refractivity contribution in [3.63, 3.8) is 0 Å². The van der Waals surface area contributed by atoms with Crippen molar-refractivity contribution in [3.8, 4) is 11.5 Å². The number of imide groups is 1. The molecule has 6 nitrogen and oxygen atoms in total. The summed E-state index contributed by atoms with van der Waals surface area (Å²) in [5.74, 6) is -0.229. The van der Waals surface area contributed by atoms with E-state index in [9.17, 15) is 14.0 Å². The third-order valence-corrected chi connectivity index (χ3v) is 3.51. The topological polar surface area (TPSA) is 67.9 Å². The monoisotopic (exact) mass is 350 g/mol. The predicted molar refractivity (Wildman–Crippen MR) is 90.3 cm³/mol. The van der Waals surface area contributed by atoms with Gasteiger partial charge in [-0.2, -0.15) is 0 Å². The molecule has 0 atom stereocenters. The van der Waals surface area contributed by atoms with Gasteiger partial charge in [-0.1, -0.05) is 12.8 Å². The van der Waals surface area contributed by atoms with Gasteiger partial charge < -0.3 is 9.47 Å². The fourth-order valence-corrected chi connectivity index (χ4v) is 2.02. The maximum absolute atomic E-state index is 12.9. The summed E-state index contributed by atoms with van der Waals surface area (Å²) in [5, 5.41) is 2.16. The molecule has 0 unspecified atom stereocenters. The lowest BCUT2D eigenvalue weighted by Gasteiger charge is -2.17. The van der Waals surface area contributed by atoms with Gasteiger partial charge in [0.2, 0.25) is 0 Å². The first kappa shape index (κ1) is 17.6. The number of halogens is 1. The highest BCUT2D eigenvalue weighted by atomic mass is 32.1. The molecule has 0 aliphatic carbocycles. The molecule has 126 valence electrons. The maximum atomic E-state index is 12.9. The molecule has 0 radical (unpaired) electrons. The number of carbonyl (C=O) groups excluding carboxylic acids is 2. The highest BCUT2D eigenvalue weighted by molar-refractivity contribution is 7.82. The van der Waals surface area contributed by atoms with Crippen molar-refractivity contribution < 1.29 is 23.5 Å². The van der Waals surface area contributed by atoms with Crippen LogP contribution in [0.25, 0.3) is 0 Å². The Morgan fingerprint density at radius 1 is 1.04 bits per heavy atom. The first-order valence-corrected chi connectivity index (χ1v) is 7.17. The number of benzene rings is 2. The van der Waals surface area contributed by atoms with E-state index in [1.807, 2.05) is 0 Å². The molecule has 0 fully saturated rings. The van der Waals surface area contributed by atoms with E-state index in [1.54, 1.807) is 18.2 Å². The average molecular weight is 350 g/mol. The first-order chi connectivity index (χ1) is 11.4. The van der Waals surface area contributed by atoms with E-state index in [4.69, 9.17) is 9.47 Å². The number of anilines is 1. The van der Waals surface area contributed by atoms with Crippen LogP contribution in [-0.4, -0.2) is 26.2 Å². The Kier molecular flexibility index (Phi) is 5.64. The van der Waals surface area contributed by atoms with Crippen molar-refractivity contribution in [1.82, 2.24) is 5.32 Å². The molecular weight excluding hydrogens is 335 g/mol. The number of hydrogen-bond donors (Lipinski definition) is 2. The molecule has 2 rings (SSSR count). The molecule has 1 N–H and O–H groups in total. The molecule has 8 heteroatoms. The largest absolute Gasteiger partial charge is 0.497 e. The molecule has 2 aromatic rings. The number of carbonyl (C=O) groups is 2. The van der Waals surface area contributed by atoms with Crippen molar-refractivity contribution in [2.45, 2.75) is 0 Å². The zero-order chi connectivity index (χ0) is 17.7. The van der Waals surface area contributed by atoms with Crippen LogP contribution in [0, 0.1) is 5.82 Å². The van der Waals surface area contributed by atoms with Crippen LogP contribution in [0.3, 0.4) is 0 Å². The van der Waals surface area contributed by atoms with Crippen LogP contribution in [-0.2, 0) is 0 Å². The second-order valence-corrected chi connectivity index (χ2v) is 5.05. The molecule has 2 aromatic carbocycles. The first-order valence-electron chi connectivity index (χ1n) is 6.77. The summed E-state index contributed by atoms with van der Waals surface area (Å²) in [7, 11) is 2.94. The zero-order valence-corrected chi connectivity index (χ0v) is 13.8. The smallest absolute Gasteiger partial charge is 0.338 e. The molecule has 0 bridgehead atoms. The van der Waals surface area contributed by atoms with E-state index in [1.165, 1.54) is 26.4 Å².